The number of aliphatic hydroxyl groups is 1. The van der Waals surface area contributed by atoms with Gasteiger partial charge in [0.25, 0.3) is 0 Å². The maximum absolute atomic E-state index is 9.80. The predicted octanol–water partition coefficient (Wildman–Crippen LogP) is 1.59. The molecule has 2 N–H and O–H groups in total. The summed E-state index contributed by atoms with van der Waals surface area (Å²) in [5, 5.41) is 13.0. The minimum Gasteiger partial charge on any atom is -0.496 e. The highest BCUT2D eigenvalue weighted by molar-refractivity contribution is 5.32. The molecule has 0 amide bonds. The van der Waals surface area contributed by atoms with Crippen LogP contribution in [-0.4, -0.2) is 50.8 Å². The average molecular weight is 297 g/mol. The van der Waals surface area contributed by atoms with E-state index in [2.05, 4.69) is 5.32 Å². The lowest BCUT2D eigenvalue weighted by molar-refractivity contribution is -0.0100. The van der Waals surface area contributed by atoms with Crippen molar-refractivity contribution in [3.8, 4) is 5.75 Å². The molecule has 0 heterocycles. The Labute approximate surface area is 127 Å². The molecule has 0 spiro atoms. The van der Waals surface area contributed by atoms with Gasteiger partial charge in [0, 0.05) is 18.7 Å². The largest absolute Gasteiger partial charge is 0.496 e. The average Bonchev–Trinajstić information content (AvgIpc) is 2.47. The van der Waals surface area contributed by atoms with Crippen LogP contribution < -0.4 is 10.1 Å². The Bertz CT molecular complexity index is 384. The van der Waals surface area contributed by atoms with Crippen molar-refractivity contribution in [1.29, 1.82) is 0 Å². The summed E-state index contributed by atoms with van der Waals surface area (Å²) in [5.41, 5.74) is 1.07. The molecule has 0 bridgehead atoms. The second-order valence-corrected chi connectivity index (χ2v) is 5.09. The van der Waals surface area contributed by atoms with E-state index in [1.807, 2.05) is 38.1 Å². The molecule has 1 unspecified atom stereocenters. The summed E-state index contributed by atoms with van der Waals surface area (Å²) in [5.74, 6) is 0.849. The molecule has 0 saturated heterocycles. The van der Waals surface area contributed by atoms with Crippen LogP contribution in [0.4, 0.5) is 0 Å². The summed E-state index contributed by atoms with van der Waals surface area (Å²) in [6.45, 7) is 6.45. The molecule has 5 nitrogen and oxygen atoms in total. The van der Waals surface area contributed by atoms with E-state index in [1.54, 1.807) is 7.11 Å². The minimum absolute atomic E-state index is 0.209. The maximum Gasteiger partial charge on any atom is 0.123 e. The number of nitrogens with one attached hydrogen (secondary N) is 1. The molecule has 0 aliphatic carbocycles. The van der Waals surface area contributed by atoms with Crippen molar-refractivity contribution in [2.45, 2.75) is 32.6 Å². The van der Waals surface area contributed by atoms with E-state index in [0.29, 0.717) is 32.9 Å². The van der Waals surface area contributed by atoms with Crippen LogP contribution in [0.2, 0.25) is 0 Å². The normalized spacial score (nSPS) is 12.6. The Morgan fingerprint density at radius 3 is 2.67 bits per heavy atom. The highest BCUT2D eigenvalue weighted by Crippen LogP contribution is 2.16. The molecular weight excluding hydrogens is 270 g/mol. The summed E-state index contributed by atoms with van der Waals surface area (Å²) in [6.07, 6.45) is -0.320. The molecule has 0 aliphatic rings. The maximum atomic E-state index is 9.80. The van der Waals surface area contributed by atoms with Gasteiger partial charge in [0.2, 0.25) is 0 Å². The van der Waals surface area contributed by atoms with Crippen molar-refractivity contribution in [1.82, 2.24) is 5.32 Å². The van der Waals surface area contributed by atoms with Crippen molar-refractivity contribution in [3.63, 3.8) is 0 Å². The molecule has 1 aromatic carbocycles. The fraction of sp³-hybridized carbons (Fsp3) is 0.625. The summed E-state index contributed by atoms with van der Waals surface area (Å²) < 4.78 is 16.0. The van der Waals surface area contributed by atoms with Gasteiger partial charge in [0.15, 0.2) is 0 Å². The number of hydrogen-bond acceptors (Lipinski definition) is 5. The molecule has 1 aromatic rings. The van der Waals surface area contributed by atoms with E-state index < -0.39 is 6.10 Å². The van der Waals surface area contributed by atoms with Gasteiger partial charge in [0.05, 0.1) is 39.1 Å². The topological polar surface area (TPSA) is 60.0 Å². The van der Waals surface area contributed by atoms with Crippen LogP contribution >= 0.6 is 0 Å². The molecule has 5 heteroatoms. The van der Waals surface area contributed by atoms with Gasteiger partial charge in [-0.3, -0.25) is 0 Å². The molecular formula is C16H27NO4. The number of methoxy groups -OCH3 is 1. The fourth-order valence-corrected chi connectivity index (χ4v) is 1.84. The van der Waals surface area contributed by atoms with E-state index in [-0.39, 0.29) is 6.10 Å². The Hall–Kier alpha value is -1.14. The highest BCUT2D eigenvalue weighted by atomic mass is 16.5. The SMILES string of the molecule is COc1ccccc1CNCC(O)COCCOC(C)C. The van der Waals surface area contributed by atoms with Crippen LogP contribution in [0, 0.1) is 0 Å². The van der Waals surface area contributed by atoms with Crippen molar-refractivity contribution >= 4 is 0 Å². The molecule has 0 aliphatic heterocycles. The quantitative estimate of drug-likeness (QED) is 0.607. The zero-order valence-electron chi connectivity index (χ0n) is 13.2. The van der Waals surface area contributed by atoms with Crippen LogP contribution in [0.25, 0.3) is 0 Å². The lowest BCUT2D eigenvalue weighted by Crippen LogP contribution is -2.30. The van der Waals surface area contributed by atoms with E-state index in [9.17, 15) is 5.11 Å². The predicted molar refractivity (Wildman–Crippen MR) is 82.6 cm³/mol. The van der Waals surface area contributed by atoms with Crippen LogP contribution in [0.5, 0.6) is 5.75 Å². The van der Waals surface area contributed by atoms with E-state index in [1.165, 1.54) is 0 Å². The monoisotopic (exact) mass is 297 g/mol. The molecule has 120 valence electrons. The summed E-state index contributed by atoms with van der Waals surface area (Å²) in [7, 11) is 1.65. The second kappa shape index (κ2) is 10.6. The minimum atomic E-state index is -0.529. The van der Waals surface area contributed by atoms with Crippen molar-refractivity contribution < 1.29 is 19.3 Å². The number of benzene rings is 1. The van der Waals surface area contributed by atoms with Gasteiger partial charge in [0.1, 0.15) is 5.75 Å². The van der Waals surface area contributed by atoms with Gasteiger partial charge in [-0.25, -0.2) is 0 Å². The summed E-state index contributed by atoms with van der Waals surface area (Å²) >= 11 is 0. The lowest BCUT2D eigenvalue weighted by atomic mass is 10.2. The Morgan fingerprint density at radius 1 is 1.19 bits per heavy atom. The number of aliphatic hydroxyl groups excluding tert-OH is 1. The van der Waals surface area contributed by atoms with E-state index in [0.717, 1.165) is 11.3 Å². The van der Waals surface area contributed by atoms with Gasteiger partial charge < -0.3 is 24.6 Å². The summed E-state index contributed by atoms with van der Waals surface area (Å²) in [4.78, 5) is 0. The first kappa shape index (κ1) is 17.9. The molecule has 0 saturated carbocycles. The first-order valence-corrected chi connectivity index (χ1v) is 7.33. The van der Waals surface area contributed by atoms with Crippen molar-refractivity contribution in [2.24, 2.45) is 0 Å². The summed E-state index contributed by atoms with van der Waals surface area (Å²) in [6, 6.07) is 7.82. The number of hydrogen-bond donors (Lipinski definition) is 2. The van der Waals surface area contributed by atoms with Gasteiger partial charge >= 0.3 is 0 Å². The second-order valence-electron chi connectivity index (χ2n) is 5.09. The number of para-hydroxylation sites is 1. The molecule has 0 radical (unpaired) electrons. The van der Waals surface area contributed by atoms with Gasteiger partial charge in [-0.2, -0.15) is 0 Å². The van der Waals surface area contributed by atoms with Crippen LogP contribution in [-0.2, 0) is 16.0 Å². The van der Waals surface area contributed by atoms with Gasteiger partial charge in [-0.1, -0.05) is 18.2 Å². The molecule has 1 atom stereocenters. The molecule has 0 aromatic heterocycles. The molecule has 21 heavy (non-hydrogen) atoms. The highest BCUT2D eigenvalue weighted by Gasteiger charge is 2.06. The molecule has 1 rings (SSSR count). The number of ether oxygens (including phenoxy) is 3. The van der Waals surface area contributed by atoms with Crippen LogP contribution in [0.15, 0.2) is 24.3 Å². The number of rotatable bonds is 11. The Balaban J connectivity index is 2.11. The van der Waals surface area contributed by atoms with Crippen LogP contribution in [0.3, 0.4) is 0 Å². The van der Waals surface area contributed by atoms with Crippen LogP contribution in [0.1, 0.15) is 19.4 Å². The smallest absolute Gasteiger partial charge is 0.123 e. The van der Waals surface area contributed by atoms with Gasteiger partial charge in [-0.15, -0.1) is 0 Å². The zero-order chi connectivity index (χ0) is 15.5. The third-order valence-electron chi connectivity index (χ3n) is 2.88. The standard InChI is InChI=1S/C16H27NO4/c1-13(2)21-9-8-20-12-15(18)11-17-10-14-6-4-5-7-16(14)19-3/h4-7,13,15,17-18H,8-12H2,1-3H3. The Morgan fingerprint density at radius 2 is 1.95 bits per heavy atom. The molecule has 0 fully saturated rings. The zero-order valence-corrected chi connectivity index (χ0v) is 13.2. The Kier molecular flexibility index (Phi) is 9.01. The first-order chi connectivity index (χ1) is 10.1. The van der Waals surface area contributed by atoms with Crippen molar-refractivity contribution in [3.05, 3.63) is 29.8 Å². The van der Waals surface area contributed by atoms with E-state index in [4.69, 9.17) is 14.2 Å². The third kappa shape index (κ3) is 8.02. The third-order valence-corrected chi connectivity index (χ3v) is 2.88. The lowest BCUT2D eigenvalue weighted by Gasteiger charge is -2.14. The first-order valence-electron chi connectivity index (χ1n) is 7.33. The fourth-order valence-electron chi connectivity index (χ4n) is 1.84. The van der Waals surface area contributed by atoms with Crippen molar-refractivity contribution in [2.75, 3.05) is 33.5 Å². The van der Waals surface area contributed by atoms with E-state index >= 15 is 0 Å². The van der Waals surface area contributed by atoms with Gasteiger partial charge in [-0.05, 0) is 19.9 Å².